The third-order valence-electron chi connectivity index (χ3n) is 2.92. The molecule has 1 rings (SSSR count). The fourth-order valence-corrected chi connectivity index (χ4v) is 5.19. The lowest BCUT2D eigenvalue weighted by Crippen LogP contribution is -2.34. The molecule has 110 valence electrons. The van der Waals surface area contributed by atoms with E-state index in [0.29, 0.717) is 27.7 Å². The van der Waals surface area contributed by atoms with Gasteiger partial charge in [0.1, 0.15) is 4.21 Å². The lowest BCUT2D eigenvalue weighted by atomic mass is 10.0. The van der Waals surface area contributed by atoms with Crippen LogP contribution in [0.1, 0.15) is 20.3 Å². The zero-order valence-corrected chi connectivity index (χ0v) is 15.0. The molecule has 0 radical (unpaired) electrons. The molecule has 0 bridgehead atoms. The van der Waals surface area contributed by atoms with Crippen molar-refractivity contribution in [2.24, 2.45) is 11.7 Å². The molecular weight excluding hydrogens is 372 g/mol. The van der Waals surface area contributed by atoms with Crippen LogP contribution in [0.4, 0.5) is 0 Å². The fourth-order valence-electron chi connectivity index (χ4n) is 1.39. The molecule has 19 heavy (non-hydrogen) atoms. The van der Waals surface area contributed by atoms with Gasteiger partial charge in [-0.1, -0.05) is 25.4 Å². The Balaban J connectivity index is 2.77. The van der Waals surface area contributed by atoms with E-state index in [2.05, 4.69) is 15.9 Å². The number of nitrogens with two attached hydrogens (primary N) is 1. The molecular formula is C11H18BrClN2O2S2. The molecule has 0 aliphatic carbocycles. The molecule has 1 atom stereocenters. The Labute approximate surface area is 132 Å². The highest BCUT2D eigenvalue weighted by Crippen LogP contribution is 2.35. The van der Waals surface area contributed by atoms with Crippen LogP contribution in [0.5, 0.6) is 0 Å². The minimum atomic E-state index is -3.48. The maximum Gasteiger partial charge on any atom is 0.252 e. The molecule has 1 aromatic heterocycles. The topological polar surface area (TPSA) is 63.4 Å². The van der Waals surface area contributed by atoms with E-state index in [9.17, 15) is 8.42 Å². The largest absolute Gasteiger partial charge is 0.327 e. The van der Waals surface area contributed by atoms with Gasteiger partial charge in [-0.15, -0.1) is 11.3 Å². The summed E-state index contributed by atoms with van der Waals surface area (Å²) in [5, 5.41) is 0.413. The van der Waals surface area contributed by atoms with Gasteiger partial charge in [0, 0.05) is 19.6 Å². The van der Waals surface area contributed by atoms with Gasteiger partial charge in [0.2, 0.25) is 0 Å². The van der Waals surface area contributed by atoms with E-state index in [-0.39, 0.29) is 10.3 Å². The summed E-state index contributed by atoms with van der Waals surface area (Å²) >= 11 is 10.2. The molecule has 0 fully saturated rings. The summed E-state index contributed by atoms with van der Waals surface area (Å²) < 4.78 is 26.8. The molecule has 2 N–H and O–H groups in total. The minimum Gasteiger partial charge on any atom is -0.327 e. The van der Waals surface area contributed by atoms with Crippen molar-refractivity contribution >= 4 is 48.9 Å². The molecule has 4 nitrogen and oxygen atoms in total. The van der Waals surface area contributed by atoms with Crippen molar-refractivity contribution in [3.05, 3.63) is 14.9 Å². The molecule has 0 saturated heterocycles. The summed E-state index contributed by atoms with van der Waals surface area (Å²) in [4.78, 5) is 0. The number of sulfonamides is 1. The second-order valence-electron chi connectivity index (χ2n) is 4.71. The number of hydrogen-bond acceptors (Lipinski definition) is 4. The minimum absolute atomic E-state index is 0.00342. The van der Waals surface area contributed by atoms with E-state index in [1.54, 1.807) is 7.05 Å². The van der Waals surface area contributed by atoms with Crippen LogP contribution < -0.4 is 5.73 Å². The van der Waals surface area contributed by atoms with Gasteiger partial charge >= 0.3 is 0 Å². The van der Waals surface area contributed by atoms with Crippen molar-refractivity contribution in [1.29, 1.82) is 0 Å². The Kier molecular flexibility index (Phi) is 6.28. The monoisotopic (exact) mass is 388 g/mol. The van der Waals surface area contributed by atoms with Gasteiger partial charge in [-0.2, -0.15) is 0 Å². The van der Waals surface area contributed by atoms with E-state index >= 15 is 0 Å². The van der Waals surface area contributed by atoms with Gasteiger partial charge in [-0.3, -0.25) is 0 Å². The molecule has 0 spiro atoms. The van der Waals surface area contributed by atoms with Gasteiger partial charge in [-0.25, -0.2) is 12.7 Å². The molecule has 8 heteroatoms. The Morgan fingerprint density at radius 3 is 2.53 bits per heavy atom. The average molecular weight is 390 g/mol. The van der Waals surface area contributed by atoms with E-state index < -0.39 is 10.0 Å². The van der Waals surface area contributed by atoms with Gasteiger partial charge < -0.3 is 5.73 Å². The van der Waals surface area contributed by atoms with Crippen LogP contribution >= 0.6 is 38.9 Å². The van der Waals surface area contributed by atoms with E-state index in [0.717, 1.165) is 11.3 Å². The molecule has 0 aliphatic rings. The van der Waals surface area contributed by atoms with Crippen molar-refractivity contribution in [3.63, 3.8) is 0 Å². The molecule has 0 aromatic carbocycles. The molecule has 0 aliphatic heterocycles. The first kappa shape index (κ1) is 17.4. The highest BCUT2D eigenvalue weighted by Gasteiger charge is 2.24. The van der Waals surface area contributed by atoms with Crippen LogP contribution in [-0.2, 0) is 10.0 Å². The first-order chi connectivity index (χ1) is 8.66. The highest BCUT2D eigenvalue weighted by atomic mass is 79.9. The second kappa shape index (κ2) is 6.87. The number of nitrogens with zero attached hydrogens (tertiary/aromatic N) is 1. The summed E-state index contributed by atoms with van der Waals surface area (Å²) in [5.74, 6) is 0.335. The summed E-state index contributed by atoms with van der Waals surface area (Å²) in [6.45, 7) is 4.44. The number of halogens is 2. The summed E-state index contributed by atoms with van der Waals surface area (Å²) in [6.07, 6.45) is 0.633. The van der Waals surface area contributed by atoms with Crippen LogP contribution in [0.3, 0.4) is 0 Å². The Morgan fingerprint density at radius 1 is 1.53 bits per heavy atom. The summed E-state index contributed by atoms with van der Waals surface area (Å²) in [6, 6.07) is 1.46. The van der Waals surface area contributed by atoms with Gasteiger partial charge in [0.05, 0.1) is 8.81 Å². The molecule has 0 saturated carbocycles. The van der Waals surface area contributed by atoms with Crippen LogP contribution in [0, 0.1) is 5.92 Å². The number of thiophene rings is 1. The smallest absolute Gasteiger partial charge is 0.252 e. The first-order valence-corrected chi connectivity index (χ1v) is 9.25. The van der Waals surface area contributed by atoms with Crippen LogP contribution in [0.2, 0.25) is 5.02 Å². The SMILES string of the molecule is CC(C)C(N)CCN(C)S(=O)(=O)c1cc(Cl)c(Br)s1. The molecule has 1 heterocycles. The maximum absolute atomic E-state index is 12.3. The Bertz CT molecular complexity index is 511. The van der Waals surface area contributed by atoms with E-state index in [1.165, 1.54) is 10.4 Å². The van der Waals surface area contributed by atoms with Crippen LogP contribution in [0.25, 0.3) is 0 Å². The zero-order chi connectivity index (χ0) is 14.8. The average Bonchev–Trinajstić information content (AvgIpc) is 2.66. The third-order valence-corrected chi connectivity index (χ3v) is 7.70. The predicted molar refractivity (Wildman–Crippen MR) is 84.3 cm³/mol. The number of hydrogen-bond donors (Lipinski definition) is 1. The zero-order valence-electron chi connectivity index (χ0n) is 11.1. The van der Waals surface area contributed by atoms with Gasteiger partial charge in [0.25, 0.3) is 10.0 Å². The first-order valence-electron chi connectivity index (χ1n) is 5.83. The lowest BCUT2D eigenvalue weighted by molar-refractivity contribution is 0.398. The quantitative estimate of drug-likeness (QED) is 0.813. The van der Waals surface area contributed by atoms with E-state index in [1.807, 2.05) is 13.8 Å². The van der Waals surface area contributed by atoms with Crippen molar-refractivity contribution in [2.75, 3.05) is 13.6 Å². The highest BCUT2D eigenvalue weighted by molar-refractivity contribution is 9.11. The molecule has 0 amide bonds. The fraction of sp³-hybridized carbons (Fsp3) is 0.636. The predicted octanol–water partition coefficient (Wildman–Crippen LogP) is 3.16. The van der Waals surface area contributed by atoms with Crippen molar-refractivity contribution in [3.8, 4) is 0 Å². The molecule has 1 unspecified atom stereocenters. The normalized spacial score (nSPS) is 14.3. The second-order valence-corrected chi connectivity index (χ2v) is 9.76. The third kappa shape index (κ3) is 4.41. The maximum atomic E-state index is 12.3. The Hall–Kier alpha value is 0.340. The lowest BCUT2D eigenvalue weighted by Gasteiger charge is -2.20. The van der Waals surface area contributed by atoms with Crippen LogP contribution in [0.15, 0.2) is 14.1 Å². The van der Waals surface area contributed by atoms with Crippen molar-refractivity contribution in [2.45, 2.75) is 30.5 Å². The summed E-state index contributed by atoms with van der Waals surface area (Å²) in [7, 11) is -1.92. The van der Waals surface area contributed by atoms with Crippen molar-refractivity contribution in [1.82, 2.24) is 4.31 Å². The Morgan fingerprint density at radius 2 is 2.11 bits per heavy atom. The van der Waals surface area contributed by atoms with E-state index in [4.69, 9.17) is 17.3 Å². The van der Waals surface area contributed by atoms with Gasteiger partial charge in [0.15, 0.2) is 0 Å². The molecule has 1 aromatic rings. The number of rotatable bonds is 6. The standard InChI is InChI=1S/C11H18BrClN2O2S2/c1-7(2)9(14)4-5-15(3)19(16,17)10-6-8(13)11(12)18-10/h6-7,9H,4-5,14H2,1-3H3. The van der Waals surface area contributed by atoms with Crippen LogP contribution in [-0.4, -0.2) is 32.4 Å². The van der Waals surface area contributed by atoms with Crippen molar-refractivity contribution < 1.29 is 8.42 Å². The van der Waals surface area contributed by atoms with Gasteiger partial charge in [-0.05, 0) is 34.3 Å². The summed E-state index contributed by atoms with van der Waals surface area (Å²) in [5.41, 5.74) is 5.93.